The summed E-state index contributed by atoms with van der Waals surface area (Å²) in [6, 6.07) is 9.14. The van der Waals surface area contributed by atoms with Crippen molar-refractivity contribution in [3.8, 4) is 0 Å². The zero-order valence-corrected chi connectivity index (χ0v) is 18.4. The molecule has 4 heteroatoms. The topological polar surface area (TPSA) is 46.5 Å². The van der Waals surface area contributed by atoms with Crippen LogP contribution >= 0.6 is 0 Å². The molecule has 136 valence electrons. The summed E-state index contributed by atoms with van der Waals surface area (Å²) in [5.74, 6) is -0.416. The maximum absolute atomic E-state index is 12.6. The maximum atomic E-state index is 12.6. The molecule has 0 aliphatic rings. The summed E-state index contributed by atoms with van der Waals surface area (Å²) in [5.41, 5.74) is 0.629. The molecule has 1 aromatic rings. The first-order valence-corrected chi connectivity index (χ1v) is 16.8. The Hall–Kier alpha value is -0.551. The SMILES string of the molecule is CCC[CH2][Sn]([CH2]CCC)([CH2]CCC)[O]C(=O)C(O)c1ccccc1. The summed E-state index contributed by atoms with van der Waals surface area (Å²) in [5, 5.41) is 10.4. The molecule has 1 unspecified atom stereocenters. The molecule has 0 aliphatic heterocycles. The van der Waals surface area contributed by atoms with Crippen LogP contribution in [0.15, 0.2) is 30.3 Å². The van der Waals surface area contributed by atoms with Crippen LogP contribution in [-0.2, 0) is 7.87 Å². The Bertz CT molecular complexity index is 439. The monoisotopic (exact) mass is 442 g/mol. The minimum atomic E-state index is -3.00. The van der Waals surface area contributed by atoms with E-state index in [2.05, 4.69) is 20.8 Å². The van der Waals surface area contributed by atoms with Crippen molar-refractivity contribution in [2.75, 3.05) is 0 Å². The third-order valence-electron chi connectivity index (χ3n) is 4.61. The van der Waals surface area contributed by atoms with Gasteiger partial charge in [0.2, 0.25) is 0 Å². The first-order valence-electron chi connectivity index (χ1n) is 9.54. The number of carbonyl (C=O) groups is 1. The zero-order chi connectivity index (χ0) is 17.8. The van der Waals surface area contributed by atoms with Crippen LogP contribution in [0.5, 0.6) is 0 Å². The molecule has 1 rings (SSSR count). The van der Waals surface area contributed by atoms with Crippen molar-refractivity contribution in [2.24, 2.45) is 0 Å². The van der Waals surface area contributed by atoms with Gasteiger partial charge in [-0.1, -0.05) is 0 Å². The molecule has 1 N–H and O–H groups in total. The quantitative estimate of drug-likeness (QED) is 0.429. The molecule has 1 aromatic carbocycles. The van der Waals surface area contributed by atoms with Crippen molar-refractivity contribution in [3.63, 3.8) is 0 Å². The summed E-state index contributed by atoms with van der Waals surface area (Å²) in [4.78, 5) is 12.6. The number of unbranched alkanes of at least 4 members (excludes halogenated alkanes) is 3. The molecule has 1 atom stereocenters. The molecule has 0 fully saturated rings. The van der Waals surface area contributed by atoms with Crippen molar-refractivity contribution < 1.29 is 13.0 Å². The number of aliphatic hydroxyl groups excluding tert-OH is 1. The van der Waals surface area contributed by atoms with Crippen LogP contribution in [0.25, 0.3) is 0 Å². The summed E-state index contributed by atoms with van der Waals surface area (Å²) in [6.07, 6.45) is 5.67. The molecule has 0 aromatic heterocycles. The van der Waals surface area contributed by atoms with Gasteiger partial charge in [0, 0.05) is 0 Å². The summed E-state index contributed by atoms with van der Waals surface area (Å²) < 4.78 is 9.47. The number of aliphatic hydroxyl groups is 1. The Labute approximate surface area is 152 Å². The molecular weight excluding hydrogens is 407 g/mol. The van der Waals surface area contributed by atoms with Gasteiger partial charge in [-0.05, 0) is 0 Å². The van der Waals surface area contributed by atoms with E-state index in [1.54, 1.807) is 12.1 Å². The molecule has 0 amide bonds. The fourth-order valence-electron chi connectivity index (χ4n) is 3.07. The number of rotatable bonds is 12. The van der Waals surface area contributed by atoms with Crippen LogP contribution < -0.4 is 0 Å². The second-order valence-corrected chi connectivity index (χ2v) is 18.3. The molecule has 0 aliphatic carbocycles. The van der Waals surface area contributed by atoms with Crippen LogP contribution in [0, 0.1) is 0 Å². The van der Waals surface area contributed by atoms with E-state index in [-0.39, 0.29) is 0 Å². The molecule has 3 nitrogen and oxygen atoms in total. The van der Waals surface area contributed by atoms with Crippen LogP contribution in [0.2, 0.25) is 13.3 Å². The van der Waals surface area contributed by atoms with E-state index >= 15 is 0 Å². The fraction of sp³-hybridized carbons (Fsp3) is 0.650. The fourth-order valence-corrected chi connectivity index (χ4v) is 16.2. The van der Waals surface area contributed by atoms with E-state index in [1.165, 1.54) is 0 Å². The van der Waals surface area contributed by atoms with Gasteiger partial charge in [-0.15, -0.1) is 0 Å². The average molecular weight is 441 g/mol. The van der Waals surface area contributed by atoms with E-state index in [4.69, 9.17) is 3.07 Å². The average Bonchev–Trinajstić information content (AvgIpc) is 2.62. The Morgan fingerprint density at radius 1 is 0.958 bits per heavy atom. The number of hydrogen-bond acceptors (Lipinski definition) is 3. The van der Waals surface area contributed by atoms with E-state index in [0.717, 1.165) is 51.8 Å². The van der Waals surface area contributed by atoms with Gasteiger partial charge in [0.15, 0.2) is 0 Å². The van der Waals surface area contributed by atoms with E-state index in [1.807, 2.05) is 18.2 Å². The first kappa shape index (κ1) is 21.5. The zero-order valence-electron chi connectivity index (χ0n) is 15.6. The van der Waals surface area contributed by atoms with Gasteiger partial charge in [0.05, 0.1) is 0 Å². The summed E-state index contributed by atoms with van der Waals surface area (Å²) >= 11 is -3.00. The molecule has 0 saturated carbocycles. The van der Waals surface area contributed by atoms with Gasteiger partial charge in [-0.3, -0.25) is 0 Å². The molecule has 0 radical (unpaired) electrons. The summed E-state index contributed by atoms with van der Waals surface area (Å²) in [6.45, 7) is 6.57. The number of carbonyl (C=O) groups excluding carboxylic acids is 1. The third-order valence-corrected chi connectivity index (χ3v) is 17.3. The van der Waals surface area contributed by atoms with Crippen molar-refractivity contribution in [2.45, 2.75) is 78.7 Å². The molecular formula is C20H34O3Sn. The minimum absolute atomic E-state index is 0.416. The van der Waals surface area contributed by atoms with Gasteiger partial charge in [0.25, 0.3) is 0 Å². The summed E-state index contributed by atoms with van der Waals surface area (Å²) in [7, 11) is 0. The predicted octanol–water partition coefficient (Wildman–Crippen LogP) is 5.61. The Morgan fingerprint density at radius 2 is 1.42 bits per heavy atom. The Morgan fingerprint density at radius 3 is 1.83 bits per heavy atom. The van der Waals surface area contributed by atoms with E-state index in [9.17, 15) is 9.90 Å². The van der Waals surface area contributed by atoms with Crippen LogP contribution in [-0.4, -0.2) is 29.9 Å². The normalized spacial score (nSPS) is 12.8. The number of hydrogen-bond donors (Lipinski definition) is 1. The number of benzene rings is 1. The molecule has 0 heterocycles. The van der Waals surface area contributed by atoms with Gasteiger partial charge in [0.1, 0.15) is 0 Å². The van der Waals surface area contributed by atoms with Crippen LogP contribution in [0.4, 0.5) is 0 Å². The molecule has 0 bridgehead atoms. The van der Waals surface area contributed by atoms with Crippen molar-refractivity contribution >= 4 is 24.8 Å². The molecule has 0 saturated heterocycles. The van der Waals surface area contributed by atoms with E-state index in [0.29, 0.717) is 5.56 Å². The van der Waals surface area contributed by atoms with E-state index < -0.39 is 30.9 Å². The van der Waals surface area contributed by atoms with Gasteiger partial charge >= 0.3 is 152 Å². The Balaban J connectivity index is 2.88. The van der Waals surface area contributed by atoms with Crippen molar-refractivity contribution in [3.05, 3.63) is 35.9 Å². The predicted molar refractivity (Wildman–Crippen MR) is 102 cm³/mol. The standard InChI is InChI=1S/C8H8O3.3C4H9.Sn/c9-7(8(10)11)6-4-2-1-3-5-6;3*1-3-4-2;/h1-5,7,9H,(H,10,11);3*1,3-4H2,2H3;/q;;;;+1/p-1. The molecule has 24 heavy (non-hydrogen) atoms. The van der Waals surface area contributed by atoms with Crippen LogP contribution in [0.3, 0.4) is 0 Å². The Kier molecular flexibility index (Phi) is 10.7. The van der Waals surface area contributed by atoms with Crippen molar-refractivity contribution in [1.29, 1.82) is 0 Å². The molecule has 0 spiro atoms. The van der Waals surface area contributed by atoms with Gasteiger partial charge < -0.3 is 0 Å². The van der Waals surface area contributed by atoms with Gasteiger partial charge in [-0.2, -0.15) is 0 Å². The van der Waals surface area contributed by atoms with Gasteiger partial charge in [-0.25, -0.2) is 0 Å². The van der Waals surface area contributed by atoms with Crippen LogP contribution in [0.1, 0.15) is 71.0 Å². The first-order chi connectivity index (χ1) is 11.6. The third kappa shape index (κ3) is 7.14. The second-order valence-electron chi connectivity index (χ2n) is 6.73. The van der Waals surface area contributed by atoms with Crippen molar-refractivity contribution in [1.82, 2.24) is 0 Å². The second kappa shape index (κ2) is 11.9.